The lowest BCUT2D eigenvalue weighted by Gasteiger charge is -2.17. The van der Waals surface area contributed by atoms with Crippen LogP contribution in [-0.4, -0.2) is 40.2 Å². The summed E-state index contributed by atoms with van der Waals surface area (Å²) in [4.78, 5) is 8.20. The molecule has 0 radical (unpaired) electrons. The van der Waals surface area contributed by atoms with Gasteiger partial charge in [-0.3, -0.25) is 0 Å². The molecule has 0 atom stereocenters. The molecule has 0 aliphatic carbocycles. The van der Waals surface area contributed by atoms with Crippen molar-refractivity contribution in [3.63, 3.8) is 0 Å². The van der Waals surface area contributed by atoms with Gasteiger partial charge in [-0.2, -0.15) is 10.1 Å². The number of methoxy groups -OCH3 is 1. The highest BCUT2D eigenvalue weighted by Gasteiger charge is 2.12. The zero-order valence-corrected chi connectivity index (χ0v) is 17.8. The third-order valence-electron chi connectivity index (χ3n) is 3.64. The maximum Gasteiger partial charge on any atom is 0.224 e. The highest BCUT2D eigenvalue weighted by Crippen LogP contribution is 2.32. The molecule has 0 aliphatic heterocycles. The van der Waals surface area contributed by atoms with Gasteiger partial charge in [-0.25, -0.2) is 9.67 Å². The van der Waals surface area contributed by atoms with Crippen LogP contribution in [0.2, 0.25) is 5.28 Å². The number of hydrogen-bond acceptors (Lipinski definition) is 5. The van der Waals surface area contributed by atoms with Crippen LogP contribution in [-0.2, 0) is 11.3 Å². The Bertz CT molecular complexity index is 918. The van der Waals surface area contributed by atoms with E-state index in [0.717, 1.165) is 21.4 Å². The van der Waals surface area contributed by atoms with Crippen molar-refractivity contribution in [2.75, 3.05) is 25.8 Å². The average Bonchev–Trinajstić information content (AvgIpc) is 3.07. The van der Waals surface area contributed by atoms with Crippen molar-refractivity contribution in [3.05, 3.63) is 52.1 Å². The Morgan fingerprint density at radius 2 is 2.12 bits per heavy atom. The Labute approximate surface area is 166 Å². The molecule has 136 valence electrons. The molecule has 0 saturated heterocycles. The summed E-state index contributed by atoms with van der Waals surface area (Å²) in [7, 11) is 1.32. The molecule has 2 heterocycles. The zero-order valence-electron chi connectivity index (χ0n) is 14.6. The summed E-state index contributed by atoms with van der Waals surface area (Å²) in [6, 6.07) is 6.20. The molecule has 1 aromatic carbocycles. The van der Waals surface area contributed by atoms with Crippen LogP contribution in [0.4, 0.5) is 11.5 Å². The molecular formula is C17H18BrClN5OP. The number of hydrogen-bond donors (Lipinski definition) is 1. The van der Waals surface area contributed by atoms with Gasteiger partial charge in [0, 0.05) is 36.1 Å². The average molecular weight is 455 g/mol. The molecule has 0 amide bonds. The van der Waals surface area contributed by atoms with Gasteiger partial charge < -0.3 is 10.1 Å². The minimum Gasteiger partial charge on any atom is -0.380 e. The highest BCUT2D eigenvalue weighted by atomic mass is 79.9. The van der Waals surface area contributed by atoms with Gasteiger partial charge >= 0.3 is 0 Å². The summed E-state index contributed by atoms with van der Waals surface area (Å²) in [5.74, 6) is 0.636. The van der Waals surface area contributed by atoms with Crippen LogP contribution in [0.15, 0.2) is 41.3 Å². The van der Waals surface area contributed by atoms with Crippen LogP contribution in [0.25, 0.3) is 5.69 Å². The van der Waals surface area contributed by atoms with E-state index in [1.54, 1.807) is 13.3 Å². The minimum atomic E-state index is -0.356. The van der Waals surface area contributed by atoms with Crippen LogP contribution >= 0.6 is 35.5 Å². The smallest absolute Gasteiger partial charge is 0.224 e. The van der Waals surface area contributed by atoms with Crippen LogP contribution in [0, 0.1) is 0 Å². The van der Waals surface area contributed by atoms with Gasteiger partial charge in [0.15, 0.2) is 0 Å². The van der Waals surface area contributed by atoms with Crippen molar-refractivity contribution in [3.8, 4) is 5.69 Å². The first-order valence-electron chi connectivity index (χ1n) is 7.77. The molecule has 0 spiro atoms. The zero-order chi connectivity index (χ0) is 18.7. The van der Waals surface area contributed by atoms with Crippen molar-refractivity contribution in [1.82, 2.24) is 19.7 Å². The number of rotatable bonds is 6. The molecule has 6 nitrogen and oxygen atoms in total. The van der Waals surface area contributed by atoms with Gasteiger partial charge in [0.25, 0.3) is 0 Å². The van der Waals surface area contributed by atoms with Crippen LogP contribution in [0.3, 0.4) is 0 Å². The number of ether oxygens (including phenoxy) is 1. The molecule has 26 heavy (non-hydrogen) atoms. The maximum absolute atomic E-state index is 5.92. The third-order valence-corrected chi connectivity index (χ3v) is 5.74. The topological polar surface area (TPSA) is 64.9 Å². The van der Waals surface area contributed by atoms with Crippen molar-refractivity contribution in [2.24, 2.45) is 0 Å². The maximum atomic E-state index is 5.92. The SMILES string of the molecule is COCc1cnn(-c2ccc(Nc3nc(Cl)ncc3Br)c(P(C)C)c2)c1. The van der Waals surface area contributed by atoms with Gasteiger partial charge in [-0.05, 0) is 59.1 Å². The van der Waals surface area contributed by atoms with Crippen LogP contribution < -0.4 is 10.6 Å². The third kappa shape index (κ3) is 4.41. The molecule has 0 saturated carbocycles. The Hall–Kier alpha value is -1.53. The van der Waals surface area contributed by atoms with Gasteiger partial charge in [-0.1, -0.05) is 7.92 Å². The van der Waals surface area contributed by atoms with Gasteiger partial charge in [0.1, 0.15) is 5.82 Å². The number of aromatic nitrogens is 4. The number of nitrogens with one attached hydrogen (secondary N) is 1. The van der Waals surface area contributed by atoms with Crippen molar-refractivity contribution in [2.45, 2.75) is 6.61 Å². The number of benzene rings is 1. The van der Waals surface area contributed by atoms with E-state index in [1.165, 1.54) is 5.30 Å². The fraction of sp³-hybridized carbons (Fsp3) is 0.235. The quantitative estimate of drug-likeness (QED) is 0.443. The lowest BCUT2D eigenvalue weighted by atomic mass is 10.2. The summed E-state index contributed by atoms with van der Waals surface area (Å²) in [5.41, 5.74) is 3.03. The summed E-state index contributed by atoms with van der Waals surface area (Å²) < 4.78 is 7.77. The standard InChI is InChI=1S/C17H18BrClN5OP/c1-25-10-11-7-21-24(9-11)12-4-5-14(15(6-12)26(2)3)22-16-13(18)8-20-17(19)23-16/h4-9H,10H2,1-3H3,(H,20,22,23). The monoisotopic (exact) mass is 453 g/mol. The Balaban J connectivity index is 1.95. The first kappa shape index (κ1) is 19.2. The predicted molar refractivity (Wildman–Crippen MR) is 111 cm³/mol. The summed E-state index contributed by atoms with van der Waals surface area (Å²) >= 11 is 9.37. The molecule has 0 bridgehead atoms. The summed E-state index contributed by atoms with van der Waals surface area (Å²) in [6.07, 6.45) is 5.42. The van der Waals surface area contributed by atoms with Crippen LogP contribution in [0.5, 0.6) is 0 Å². The Morgan fingerprint density at radius 1 is 1.31 bits per heavy atom. The molecule has 9 heteroatoms. The molecular weight excluding hydrogens is 437 g/mol. The van der Waals surface area contributed by atoms with Gasteiger partial charge in [0.2, 0.25) is 5.28 Å². The van der Waals surface area contributed by atoms with E-state index in [-0.39, 0.29) is 13.2 Å². The minimum absolute atomic E-state index is 0.200. The van der Waals surface area contributed by atoms with E-state index >= 15 is 0 Å². The lowest BCUT2D eigenvalue weighted by molar-refractivity contribution is 0.185. The van der Waals surface area contributed by atoms with Crippen LogP contribution in [0.1, 0.15) is 5.56 Å². The summed E-state index contributed by atoms with van der Waals surface area (Å²) in [6.45, 7) is 4.96. The van der Waals surface area contributed by atoms with E-state index < -0.39 is 0 Å². The molecule has 0 unspecified atom stereocenters. The lowest BCUT2D eigenvalue weighted by Crippen LogP contribution is -2.11. The van der Waals surface area contributed by atoms with Crippen molar-refractivity contribution in [1.29, 1.82) is 0 Å². The van der Waals surface area contributed by atoms with E-state index in [1.807, 2.05) is 29.2 Å². The normalized spacial score (nSPS) is 11.2. The Kier molecular flexibility index (Phi) is 6.24. The fourth-order valence-corrected chi connectivity index (χ4v) is 3.87. The Morgan fingerprint density at radius 3 is 2.85 bits per heavy atom. The fourth-order valence-electron chi connectivity index (χ4n) is 2.44. The molecule has 1 N–H and O–H groups in total. The van der Waals surface area contributed by atoms with E-state index in [2.05, 4.69) is 55.7 Å². The van der Waals surface area contributed by atoms with E-state index in [0.29, 0.717) is 12.4 Å². The van der Waals surface area contributed by atoms with Gasteiger partial charge in [-0.15, -0.1) is 0 Å². The molecule has 0 fully saturated rings. The molecule has 0 aliphatic rings. The first-order valence-corrected chi connectivity index (χ1v) is 11.2. The number of nitrogens with zero attached hydrogens (tertiary/aromatic N) is 4. The van der Waals surface area contributed by atoms with E-state index in [9.17, 15) is 0 Å². The second-order valence-corrected chi connectivity index (χ2v) is 9.25. The largest absolute Gasteiger partial charge is 0.380 e. The first-order chi connectivity index (χ1) is 12.5. The predicted octanol–water partition coefficient (Wildman–Crippen LogP) is 4.34. The highest BCUT2D eigenvalue weighted by molar-refractivity contribution is 9.10. The summed E-state index contributed by atoms with van der Waals surface area (Å²) in [5, 5.41) is 9.19. The number of halogens is 2. The second kappa shape index (κ2) is 8.44. The van der Waals surface area contributed by atoms with Gasteiger partial charge in [0.05, 0.1) is 23.0 Å². The molecule has 3 rings (SSSR count). The molecule has 2 aromatic heterocycles. The van der Waals surface area contributed by atoms with Crippen molar-refractivity contribution < 1.29 is 4.74 Å². The van der Waals surface area contributed by atoms with E-state index in [4.69, 9.17) is 16.3 Å². The number of anilines is 2. The van der Waals surface area contributed by atoms with Crippen molar-refractivity contribution >= 4 is 52.3 Å². The second-order valence-electron chi connectivity index (χ2n) is 5.78. The molecule has 3 aromatic rings.